The third-order valence-electron chi connectivity index (χ3n) is 4.57. The van der Waals surface area contributed by atoms with E-state index in [4.69, 9.17) is 0 Å². The number of aromatic nitrogens is 2. The molecule has 2 aromatic heterocycles. The highest BCUT2D eigenvalue weighted by Gasteiger charge is 2.26. The highest BCUT2D eigenvalue weighted by atomic mass is 15.2. The number of H-pyrrole nitrogens is 1. The first-order valence-corrected chi connectivity index (χ1v) is 7.27. The zero-order chi connectivity index (χ0) is 12.7. The van der Waals surface area contributed by atoms with E-state index < -0.39 is 0 Å². The fraction of sp³-hybridized carbons (Fsp3) is 0.438. The van der Waals surface area contributed by atoms with E-state index in [-0.39, 0.29) is 0 Å². The van der Waals surface area contributed by atoms with Gasteiger partial charge in [-0.05, 0) is 56.5 Å². The molecule has 4 rings (SSSR count). The van der Waals surface area contributed by atoms with Gasteiger partial charge in [0, 0.05) is 24.0 Å². The fourth-order valence-electron chi connectivity index (χ4n) is 3.30. The molecule has 3 heteroatoms. The first-order valence-electron chi connectivity index (χ1n) is 7.27. The molecule has 0 bridgehead atoms. The third kappa shape index (κ3) is 1.89. The van der Waals surface area contributed by atoms with Crippen molar-refractivity contribution in [2.75, 3.05) is 13.1 Å². The third-order valence-corrected chi connectivity index (χ3v) is 4.57. The van der Waals surface area contributed by atoms with Gasteiger partial charge in [-0.1, -0.05) is 6.08 Å². The lowest BCUT2D eigenvalue weighted by Crippen LogP contribution is -2.45. The Morgan fingerprint density at radius 3 is 3.00 bits per heavy atom. The number of fused-ring (bicyclic) bond motifs is 1. The number of nitrogens with zero attached hydrogens (tertiary/aromatic N) is 2. The van der Waals surface area contributed by atoms with Gasteiger partial charge >= 0.3 is 0 Å². The van der Waals surface area contributed by atoms with Crippen LogP contribution in [0.15, 0.2) is 30.6 Å². The van der Waals surface area contributed by atoms with Gasteiger partial charge in [0.25, 0.3) is 0 Å². The first-order chi connectivity index (χ1) is 9.42. The molecule has 1 unspecified atom stereocenters. The summed E-state index contributed by atoms with van der Waals surface area (Å²) >= 11 is 0. The van der Waals surface area contributed by atoms with E-state index in [0.717, 1.165) is 17.1 Å². The Balaban J connectivity index is 1.61. The summed E-state index contributed by atoms with van der Waals surface area (Å²) in [5.41, 5.74) is 5.04. The van der Waals surface area contributed by atoms with E-state index in [1.54, 1.807) is 0 Å². The largest absolute Gasteiger partial charge is 0.359 e. The number of rotatable bonds is 2. The van der Waals surface area contributed by atoms with Gasteiger partial charge in [0.2, 0.25) is 0 Å². The van der Waals surface area contributed by atoms with Crippen LogP contribution in [0, 0.1) is 0 Å². The summed E-state index contributed by atoms with van der Waals surface area (Å²) in [7, 11) is 0. The maximum absolute atomic E-state index is 4.52. The molecular formula is C16H19N3. The summed E-state index contributed by atoms with van der Waals surface area (Å²) in [6.07, 6.45) is 11.5. The molecule has 1 saturated heterocycles. The van der Waals surface area contributed by atoms with E-state index in [1.807, 2.05) is 12.3 Å². The van der Waals surface area contributed by atoms with Crippen LogP contribution in [0.5, 0.6) is 0 Å². The molecule has 2 aliphatic rings. The van der Waals surface area contributed by atoms with Gasteiger partial charge in [-0.15, -0.1) is 0 Å². The van der Waals surface area contributed by atoms with Gasteiger partial charge < -0.3 is 4.98 Å². The van der Waals surface area contributed by atoms with Gasteiger partial charge in [0.15, 0.2) is 0 Å². The molecule has 1 N–H and O–H groups in total. The minimum atomic E-state index is 0.788. The lowest BCUT2D eigenvalue weighted by atomic mass is 9.89. The average Bonchev–Trinajstić information content (AvgIpc) is 2.82. The highest BCUT2D eigenvalue weighted by Crippen LogP contribution is 2.33. The summed E-state index contributed by atoms with van der Waals surface area (Å²) < 4.78 is 0. The van der Waals surface area contributed by atoms with Crippen molar-refractivity contribution in [2.24, 2.45) is 0 Å². The molecule has 1 fully saturated rings. The molecule has 98 valence electrons. The van der Waals surface area contributed by atoms with Crippen molar-refractivity contribution in [1.82, 2.24) is 14.9 Å². The molecule has 0 saturated carbocycles. The molecule has 19 heavy (non-hydrogen) atoms. The second-order valence-corrected chi connectivity index (χ2v) is 5.65. The Kier molecular flexibility index (Phi) is 2.66. The summed E-state index contributed by atoms with van der Waals surface area (Å²) in [6.45, 7) is 2.62. The molecule has 2 aromatic rings. The van der Waals surface area contributed by atoms with Crippen LogP contribution in [0.2, 0.25) is 0 Å². The SMILES string of the molecule is C1=C(c2c[nH]c3cccnc23)CCC(N2CCC2)C1. The van der Waals surface area contributed by atoms with Crippen LogP contribution in [0.1, 0.15) is 31.2 Å². The molecule has 1 aliphatic heterocycles. The Morgan fingerprint density at radius 1 is 1.32 bits per heavy atom. The van der Waals surface area contributed by atoms with Gasteiger partial charge in [0.1, 0.15) is 0 Å². The van der Waals surface area contributed by atoms with Crippen LogP contribution >= 0.6 is 0 Å². The Bertz CT molecular complexity index is 622. The average molecular weight is 253 g/mol. The lowest BCUT2D eigenvalue weighted by Gasteiger charge is -2.39. The van der Waals surface area contributed by atoms with Crippen molar-refractivity contribution < 1.29 is 0 Å². The van der Waals surface area contributed by atoms with Gasteiger partial charge in [-0.3, -0.25) is 9.88 Å². The summed E-state index contributed by atoms with van der Waals surface area (Å²) in [5.74, 6) is 0. The van der Waals surface area contributed by atoms with Gasteiger partial charge in [0.05, 0.1) is 11.0 Å². The number of allylic oxidation sites excluding steroid dienone is 1. The van der Waals surface area contributed by atoms with E-state index in [0.29, 0.717) is 0 Å². The van der Waals surface area contributed by atoms with E-state index in [2.05, 4.69) is 33.2 Å². The minimum Gasteiger partial charge on any atom is -0.359 e. The molecule has 0 amide bonds. The molecular weight excluding hydrogens is 234 g/mol. The Hall–Kier alpha value is -1.61. The van der Waals surface area contributed by atoms with Crippen LogP contribution in [-0.2, 0) is 0 Å². The second kappa shape index (κ2) is 4.49. The molecule has 1 atom stereocenters. The first kappa shape index (κ1) is 11.2. The molecule has 1 aliphatic carbocycles. The van der Waals surface area contributed by atoms with Crippen molar-refractivity contribution in [2.45, 2.75) is 31.7 Å². The maximum Gasteiger partial charge on any atom is 0.0953 e. The topological polar surface area (TPSA) is 31.9 Å². The van der Waals surface area contributed by atoms with Crippen molar-refractivity contribution in [1.29, 1.82) is 0 Å². The van der Waals surface area contributed by atoms with Gasteiger partial charge in [-0.2, -0.15) is 0 Å². The van der Waals surface area contributed by atoms with E-state index >= 15 is 0 Å². The normalized spacial score (nSPS) is 24.2. The summed E-state index contributed by atoms with van der Waals surface area (Å²) in [6, 6.07) is 4.87. The standard InChI is InChI=1S/C16H19N3/c1-3-15-16(17-8-1)14(11-18-15)12-4-6-13(7-5-12)19-9-2-10-19/h1,3-4,8,11,13,18H,2,5-7,9-10H2. The molecule has 0 radical (unpaired) electrons. The molecule has 0 aromatic carbocycles. The number of pyridine rings is 1. The number of nitrogens with one attached hydrogen (secondary N) is 1. The lowest BCUT2D eigenvalue weighted by molar-refractivity contribution is 0.111. The Morgan fingerprint density at radius 2 is 2.26 bits per heavy atom. The smallest absolute Gasteiger partial charge is 0.0953 e. The van der Waals surface area contributed by atoms with Crippen LogP contribution in [0.4, 0.5) is 0 Å². The van der Waals surface area contributed by atoms with E-state index in [1.165, 1.54) is 49.9 Å². The van der Waals surface area contributed by atoms with Gasteiger partial charge in [-0.25, -0.2) is 0 Å². The molecule has 3 nitrogen and oxygen atoms in total. The van der Waals surface area contributed by atoms with Crippen molar-refractivity contribution in [3.05, 3.63) is 36.2 Å². The number of hydrogen-bond acceptors (Lipinski definition) is 2. The Labute approximate surface area is 113 Å². The molecule has 0 spiro atoms. The second-order valence-electron chi connectivity index (χ2n) is 5.65. The van der Waals surface area contributed by atoms with Crippen LogP contribution < -0.4 is 0 Å². The highest BCUT2D eigenvalue weighted by molar-refractivity contribution is 5.89. The zero-order valence-electron chi connectivity index (χ0n) is 11.1. The predicted octanol–water partition coefficient (Wildman–Crippen LogP) is 3.20. The fourth-order valence-corrected chi connectivity index (χ4v) is 3.30. The molecule has 3 heterocycles. The number of hydrogen-bond donors (Lipinski definition) is 1. The van der Waals surface area contributed by atoms with Crippen LogP contribution in [0.3, 0.4) is 0 Å². The predicted molar refractivity (Wildman–Crippen MR) is 77.9 cm³/mol. The minimum absolute atomic E-state index is 0.788. The number of likely N-dealkylation sites (tertiary alicyclic amines) is 1. The van der Waals surface area contributed by atoms with Crippen molar-refractivity contribution in [3.8, 4) is 0 Å². The quantitative estimate of drug-likeness (QED) is 0.891. The van der Waals surface area contributed by atoms with Crippen LogP contribution in [-0.4, -0.2) is 34.0 Å². The van der Waals surface area contributed by atoms with E-state index in [9.17, 15) is 0 Å². The summed E-state index contributed by atoms with van der Waals surface area (Å²) in [4.78, 5) is 10.5. The number of aromatic amines is 1. The van der Waals surface area contributed by atoms with Crippen LogP contribution in [0.25, 0.3) is 16.6 Å². The maximum atomic E-state index is 4.52. The zero-order valence-corrected chi connectivity index (χ0v) is 11.1. The van der Waals surface area contributed by atoms with Crippen molar-refractivity contribution >= 4 is 16.6 Å². The monoisotopic (exact) mass is 253 g/mol. The van der Waals surface area contributed by atoms with Crippen molar-refractivity contribution in [3.63, 3.8) is 0 Å². The summed E-state index contributed by atoms with van der Waals surface area (Å²) in [5, 5.41) is 0.